The number of nitrogens with zero attached hydrogens (tertiary/aromatic N) is 1. The molecule has 0 N–H and O–H groups in total. The molecule has 2 heteroatoms. The van der Waals surface area contributed by atoms with Crippen LogP contribution < -0.4 is 4.90 Å². The number of furan rings is 1. The third-order valence-electron chi connectivity index (χ3n) is 9.32. The van der Waals surface area contributed by atoms with E-state index >= 15 is 0 Å². The summed E-state index contributed by atoms with van der Waals surface area (Å²) in [5.41, 5.74) is 8.13. The van der Waals surface area contributed by atoms with Crippen molar-refractivity contribution >= 4 is 49.8 Å². The van der Waals surface area contributed by atoms with Crippen LogP contribution in [-0.2, 0) is 5.41 Å². The summed E-state index contributed by atoms with van der Waals surface area (Å²) in [6.07, 6.45) is 6.28. The standard InChI is InChI=1S/C40H33NO/c1-3-13-31(14-4-1)40(25-9-2-10-26-40)32-18-21-33(22-19-32)41(34-20-17-29-11-5-6-12-30(29)27-34)35-23-24-37-36-15-7-8-16-38(36)42-39(37)28-35/h1,3-8,11-24,27-28H,2,9-10,25-26H2. The monoisotopic (exact) mass is 543 g/mol. The molecule has 0 amide bonds. The molecular weight excluding hydrogens is 510 g/mol. The third kappa shape index (κ3) is 4.18. The highest BCUT2D eigenvalue weighted by atomic mass is 16.3. The van der Waals surface area contributed by atoms with Crippen molar-refractivity contribution in [2.24, 2.45) is 0 Å². The lowest BCUT2D eigenvalue weighted by molar-refractivity contribution is 0.346. The molecule has 0 saturated heterocycles. The fraction of sp³-hybridized carbons (Fsp3) is 0.150. The number of hydrogen-bond acceptors (Lipinski definition) is 2. The molecule has 1 aliphatic rings. The Balaban J connectivity index is 1.27. The van der Waals surface area contributed by atoms with Crippen LogP contribution in [-0.4, -0.2) is 0 Å². The zero-order valence-corrected chi connectivity index (χ0v) is 23.7. The summed E-state index contributed by atoms with van der Waals surface area (Å²) in [7, 11) is 0. The van der Waals surface area contributed by atoms with Crippen LogP contribution >= 0.6 is 0 Å². The largest absolute Gasteiger partial charge is 0.456 e. The van der Waals surface area contributed by atoms with Gasteiger partial charge in [0.05, 0.1) is 0 Å². The van der Waals surface area contributed by atoms with Crippen LogP contribution in [0, 0.1) is 0 Å². The molecular formula is C40H33NO. The molecule has 7 aromatic rings. The first kappa shape index (κ1) is 24.9. The Bertz CT molecular complexity index is 2010. The fourth-order valence-electron chi connectivity index (χ4n) is 7.20. The number of fused-ring (bicyclic) bond motifs is 4. The van der Waals surface area contributed by atoms with Crippen molar-refractivity contribution in [1.29, 1.82) is 0 Å². The number of anilines is 3. The van der Waals surface area contributed by atoms with Crippen LogP contribution in [0.5, 0.6) is 0 Å². The Labute approximate surface area is 246 Å². The normalized spacial score (nSPS) is 14.9. The maximum absolute atomic E-state index is 6.32. The molecule has 0 aliphatic heterocycles. The molecule has 1 fully saturated rings. The first-order valence-corrected chi connectivity index (χ1v) is 15.1. The summed E-state index contributed by atoms with van der Waals surface area (Å²) in [6.45, 7) is 0. The van der Waals surface area contributed by atoms with Crippen LogP contribution in [0.1, 0.15) is 43.2 Å². The van der Waals surface area contributed by atoms with E-state index in [1.165, 1.54) is 54.0 Å². The van der Waals surface area contributed by atoms with Gasteiger partial charge in [0.25, 0.3) is 0 Å². The van der Waals surface area contributed by atoms with Crippen LogP contribution in [0.4, 0.5) is 17.1 Å². The quantitative estimate of drug-likeness (QED) is 0.215. The molecule has 0 spiro atoms. The Hall–Kier alpha value is -4.82. The van der Waals surface area contributed by atoms with Crippen molar-refractivity contribution < 1.29 is 4.42 Å². The van der Waals surface area contributed by atoms with Crippen LogP contribution in [0.2, 0.25) is 0 Å². The van der Waals surface area contributed by atoms with Gasteiger partial charge in [-0.3, -0.25) is 0 Å². The Morgan fingerprint density at radius 2 is 1.07 bits per heavy atom. The molecule has 6 aromatic carbocycles. The minimum Gasteiger partial charge on any atom is -0.456 e. The summed E-state index contributed by atoms with van der Waals surface area (Å²) in [5, 5.41) is 4.77. The summed E-state index contributed by atoms with van der Waals surface area (Å²) in [4.78, 5) is 2.36. The maximum Gasteiger partial charge on any atom is 0.137 e. The molecule has 1 aromatic heterocycles. The van der Waals surface area contributed by atoms with E-state index in [1.54, 1.807) is 0 Å². The van der Waals surface area contributed by atoms with Gasteiger partial charge in [-0.1, -0.05) is 110 Å². The third-order valence-corrected chi connectivity index (χ3v) is 9.32. The van der Waals surface area contributed by atoms with Gasteiger partial charge in [-0.15, -0.1) is 0 Å². The van der Waals surface area contributed by atoms with E-state index in [4.69, 9.17) is 4.42 Å². The second-order valence-corrected chi connectivity index (χ2v) is 11.7. The van der Waals surface area contributed by atoms with Crippen molar-refractivity contribution in [2.75, 3.05) is 4.90 Å². The lowest BCUT2D eigenvalue weighted by Crippen LogP contribution is -2.30. The number of benzene rings is 6. The molecule has 8 rings (SSSR count). The van der Waals surface area contributed by atoms with Gasteiger partial charge in [0.15, 0.2) is 0 Å². The van der Waals surface area contributed by atoms with E-state index in [2.05, 4.69) is 132 Å². The number of para-hydroxylation sites is 1. The van der Waals surface area contributed by atoms with E-state index in [1.807, 2.05) is 12.1 Å². The highest BCUT2D eigenvalue weighted by Gasteiger charge is 2.35. The molecule has 42 heavy (non-hydrogen) atoms. The van der Waals surface area contributed by atoms with Gasteiger partial charge in [0, 0.05) is 39.3 Å². The molecule has 1 aliphatic carbocycles. The second-order valence-electron chi connectivity index (χ2n) is 11.7. The first-order valence-electron chi connectivity index (χ1n) is 15.1. The number of rotatable bonds is 5. The van der Waals surface area contributed by atoms with Gasteiger partial charge in [0.1, 0.15) is 11.2 Å². The first-order chi connectivity index (χ1) is 20.8. The van der Waals surface area contributed by atoms with E-state index in [0.717, 1.165) is 39.0 Å². The van der Waals surface area contributed by atoms with Crippen LogP contribution in [0.3, 0.4) is 0 Å². The van der Waals surface area contributed by atoms with Crippen molar-refractivity contribution in [2.45, 2.75) is 37.5 Å². The topological polar surface area (TPSA) is 16.4 Å². The van der Waals surface area contributed by atoms with Crippen molar-refractivity contribution in [3.05, 3.63) is 151 Å². The average Bonchev–Trinajstić information content (AvgIpc) is 3.44. The summed E-state index contributed by atoms with van der Waals surface area (Å²) >= 11 is 0. The molecule has 0 radical (unpaired) electrons. The minimum atomic E-state index is 0.0823. The van der Waals surface area contributed by atoms with Crippen LogP contribution in [0.15, 0.2) is 144 Å². The molecule has 2 nitrogen and oxygen atoms in total. The van der Waals surface area contributed by atoms with E-state index in [9.17, 15) is 0 Å². The Morgan fingerprint density at radius 3 is 1.90 bits per heavy atom. The predicted molar refractivity (Wildman–Crippen MR) is 176 cm³/mol. The molecule has 204 valence electrons. The van der Waals surface area contributed by atoms with Gasteiger partial charge in [0.2, 0.25) is 0 Å². The summed E-state index contributed by atoms with van der Waals surface area (Å²) < 4.78 is 6.32. The van der Waals surface area contributed by atoms with Gasteiger partial charge >= 0.3 is 0 Å². The summed E-state index contributed by atoms with van der Waals surface area (Å²) in [6, 6.07) is 50.7. The Kier molecular flexibility index (Phi) is 6.07. The predicted octanol–water partition coefficient (Wildman–Crippen LogP) is 11.5. The zero-order chi connectivity index (χ0) is 27.9. The van der Waals surface area contributed by atoms with E-state index in [-0.39, 0.29) is 5.41 Å². The van der Waals surface area contributed by atoms with E-state index in [0.29, 0.717) is 0 Å². The fourth-order valence-corrected chi connectivity index (χ4v) is 7.20. The van der Waals surface area contributed by atoms with Crippen molar-refractivity contribution in [3.63, 3.8) is 0 Å². The zero-order valence-electron chi connectivity index (χ0n) is 23.7. The molecule has 0 atom stereocenters. The molecule has 0 bridgehead atoms. The SMILES string of the molecule is c1ccc(C2(c3ccc(N(c4ccc5ccccc5c4)c4ccc5c(c4)oc4ccccc45)cc3)CCCCC2)cc1. The molecule has 1 saturated carbocycles. The highest BCUT2D eigenvalue weighted by Crippen LogP contribution is 2.46. The van der Waals surface area contributed by atoms with Gasteiger partial charge < -0.3 is 9.32 Å². The molecule has 0 unspecified atom stereocenters. The maximum atomic E-state index is 6.32. The summed E-state index contributed by atoms with van der Waals surface area (Å²) in [5.74, 6) is 0. The lowest BCUT2D eigenvalue weighted by Gasteiger charge is -2.39. The second kappa shape index (κ2) is 10.2. The van der Waals surface area contributed by atoms with Gasteiger partial charge in [-0.05, 0) is 77.2 Å². The average molecular weight is 544 g/mol. The highest BCUT2D eigenvalue weighted by molar-refractivity contribution is 6.06. The smallest absolute Gasteiger partial charge is 0.137 e. The van der Waals surface area contributed by atoms with Gasteiger partial charge in [-0.2, -0.15) is 0 Å². The molecule has 1 heterocycles. The lowest BCUT2D eigenvalue weighted by atomic mass is 9.65. The van der Waals surface area contributed by atoms with Gasteiger partial charge in [-0.25, -0.2) is 0 Å². The minimum absolute atomic E-state index is 0.0823. The number of hydrogen-bond donors (Lipinski definition) is 0. The van der Waals surface area contributed by atoms with Crippen molar-refractivity contribution in [1.82, 2.24) is 0 Å². The van der Waals surface area contributed by atoms with Crippen LogP contribution in [0.25, 0.3) is 32.7 Å². The van der Waals surface area contributed by atoms with Crippen molar-refractivity contribution in [3.8, 4) is 0 Å². The Morgan fingerprint density at radius 1 is 0.452 bits per heavy atom. The van der Waals surface area contributed by atoms with E-state index < -0.39 is 0 Å².